The number of amides is 2. The fraction of sp³-hybridized carbons (Fsp3) is 0.269. The number of carbonyl (C=O) groups excluding carboxylic acids is 2. The predicted octanol–water partition coefficient (Wildman–Crippen LogP) is 5.37. The van der Waals surface area contributed by atoms with Crippen molar-refractivity contribution in [3.63, 3.8) is 0 Å². The van der Waals surface area contributed by atoms with E-state index in [0.29, 0.717) is 11.3 Å². The first-order valence-electron chi connectivity index (χ1n) is 11.3. The van der Waals surface area contributed by atoms with E-state index < -0.39 is 42.0 Å². The molecule has 1 aliphatic heterocycles. The quantitative estimate of drug-likeness (QED) is 0.366. The maximum atomic E-state index is 14.7. The van der Waals surface area contributed by atoms with E-state index >= 15 is 0 Å². The molecule has 0 bridgehead atoms. The van der Waals surface area contributed by atoms with Gasteiger partial charge < -0.3 is 9.64 Å². The van der Waals surface area contributed by atoms with Crippen LogP contribution in [0, 0.1) is 5.82 Å². The van der Waals surface area contributed by atoms with Gasteiger partial charge >= 0.3 is 6.18 Å². The lowest BCUT2D eigenvalue weighted by molar-refractivity contribution is -0.137. The molecule has 37 heavy (non-hydrogen) atoms. The third kappa shape index (κ3) is 6.05. The molecule has 4 rings (SSSR count). The van der Waals surface area contributed by atoms with E-state index in [4.69, 9.17) is 4.74 Å². The van der Waals surface area contributed by atoms with E-state index in [1.807, 2.05) is 17.5 Å². The first-order valence-corrected chi connectivity index (χ1v) is 12.2. The lowest BCUT2D eigenvalue weighted by Gasteiger charge is -2.27. The van der Waals surface area contributed by atoms with Gasteiger partial charge in [-0.05, 0) is 41.8 Å². The number of thiophene rings is 1. The summed E-state index contributed by atoms with van der Waals surface area (Å²) in [6, 6.07) is 12.9. The molecule has 0 radical (unpaired) electrons. The van der Waals surface area contributed by atoms with Crippen LogP contribution in [0.1, 0.15) is 38.8 Å². The topological polar surface area (TPSA) is 62.2 Å². The zero-order valence-electron chi connectivity index (χ0n) is 19.7. The summed E-state index contributed by atoms with van der Waals surface area (Å²) in [6.07, 6.45) is -4.25. The number of hydrogen-bond acceptors (Lipinski definition) is 5. The van der Waals surface area contributed by atoms with Gasteiger partial charge in [0.2, 0.25) is 0 Å². The summed E-state index contributed by atoms with van der Waals surface area (Å²) in [6.45, 7) is -0.308. The summed E-state index contributed by atoms with van der Waals surface area (Å²) in [5.41, 5.74) is 0.0216. The molecule has 194 valence electrons. The molecule has 11 heteroatoms. The fourth-order valence-electron chi connectivity index (χ4n) is 3.99. The molecule has 1 aromatic heterocycles. The molecule has 0 saturated carbocycles. The summed E-state index contributed by atoms with van der Waals surface area (Å²) < 4.78 is 58.5. The first-order chi connectivity index (χ1) is 17.7. The predicted molar refractivity (Wildman–Crippen MR) is 131 cm³/mol. The Morgan fingerprint density at radius 1 is 1.11 bits per heavy atom. The average molecular weight is 534 g/mol. The molecule has 1 atom stereocenters. The molecular weight excluding hydrogens is 510 g/mol. The van der Waals surface area contributed by atoms with Crippen molar-refractivity contribution in [3.8, 4) is 0 Å². The lowest BCUT2D eigenvalue weighted by atomic mass is 10.0. The summed E-state index contributed by atoms with van der Waals surface area (Å²) in [4.78, 5) is 28.6. The third-order valence-electron chi connectivity index (χ3n) is 5.87. The van der Waals surface area contributed by atoms with Crippen molar-refractivity contribution in [1.29, 1.82) is 0 Å². The van der Waals surface area contributed by atoms with Crippen molar-refractivity contribution in [2.24, 2.45) is 5.10 Å². The second-order valence-corrected chi connectivity index (χ2v) is 9.25. The zero-order chi connectivity index (χ0) is 26.6. The van der Waals surface area contributed by atoms with Gasteiger partial charge in [0.25, 0.3) is 11.8 Å². The SMILES string of the molecule is COCCN(CC(=O)N1N=C(c2cccs2)CC1c1ccccc1F)C(=O)c1ccc(C(F)(F)F)cc1. The molecule has 2 amide bonds. The summed E-state index contributed by atoms with van der Waals surface area (Å²) in [5, 5.41) is 7.54. The minimum Gasteiger partial charge on any atom is -0.383 e. The Bertz CT molecular complexity index is 1280. The van der Waals surface area contributed by atoms with Crippen LogP contribution in [0.5, 0.6) is 0 Å². The van der Waals surface area contributed by atoms with Gasteiger partial charge in [0.05, 0.1) is 28.8 Å². The Morgan fingerprint density at radius 3 is 2.46 bits per heavy atom. The summed E-state index contributed by atoms with van der Waals surface area (Å²) in [7, 11) is 1.43. The van der Waals surface area contributed by atoms with Gasteiger partial charge in [-0.15, -0.1) is 11.3 Å². The van der Waals surface area contributed by atoms with E-state index in [0.717, 1.165) is 29.1 Å². The Hall–Kier alpha value is -3.57. The van der Waals surface area contributed by atoms with Crippen LogP contribution in [-0.4, -0.2) is 54.2 Å². The van der Waals surface area contributed by atoms with Crippen LogP contribution in [0.25, 0.3) is 0 Å². The van der Waals surface area contributed by atoms with E-state index in [1.54, 1.807) is 18.2 Å². The van der Waals surface area contributed by atoms with E-state index in [-0.39, 0.29) is 25.1 Å². The van der Waals surface area contributed by atoms with Crippen LogP contribution in [0.15, 0.2) is 71.1 Å². The van der Waals surface area contributed by atoms with Gasteiger partial charge in [-0.1, -0.05) is 24.3 Å². The smallest absolute Gasteiger partial charge is 0.383 e. The number of nitrogens with zero attached hydrogens (tertiary/aromatic N) is 3. The number of halogens is 4. The maximum Gasteiger partial charge on any atom is 0.416 e. The van der Waals surface area contributed by atoms with Crippen molar-refractivity contribution in [3.05, 3.63) is 93.4 Å². The Balaban J connectivity index is 1.60. The molecule has 1 unspecified atom stereocenters. The van der Waals surface area contributed by atoms with E-state index in [9.17, 15) is 27.2 Å². The number of rotatable bonds is 8. The van der Waals surface area contributed by atoms with Gasteiger partial charge in [0, 0.05) is 31.2 Å². The number of hydrazone groups is 1. The van der Waals surface area contributed by atoms with Crippen LogP contribution in [0.4, 0.5) is 17.6 Å². The molecule has 2 aromatic carbocycles. The van der Waals surface area contributed by atoms with E-state index in [1.165, 1.54) is 34.4 Å². The van der Waals surface area contributed by atoms with Crippen LogP contribution >= 0.6 is 11.3 Å². The fourth-order valence-corrected chi connectivity index (χ4v) is 4.71. The number of carbonyl (C=O) groups is 2. The Labute approximate surface area is 214 Å². The number of ether oxygens (including phenoxy) is 1. The van der Waals surface area contributed by atoms with Crippen LogP contribution in [0.2, 0.25) is 0 Å². The van der Waals surface area contributed by atoms with Gasteiger partial charge in [-0.2, -0.15) is 18.3 Å². The number of benzene rings is 2. The standard InChI is InChI=1S/C26H23F4N3O3S/c1-36-13-12-32(25(35)17-8-10-18(11-9-17)26(28,29)30)16-24(34)33-22(19-5-2-3-6-20(19)27)15-21(31-33)23-7-4-14-37-23/h2-11,14,22H,12-13,15-16H2,1H3. The molecule has 0 saturated heterocycles. The van der Waals surface area contributed by atoms with Gasteiger partial charge in [-0.25, -0.2) is 9.40 Å². The molecule has 2 heterocycles. The third-order valence-corrected chi connectivity index (χ3v) is 6.79. The molecule has 0 aliphatic carbocycles. The second-order valence-electron chi connectivity index (χ2n) is 8.30. The first kappa shape index (κ1) is 26.5. The highest BCUT2D eigenvalue weighted by Crippen LogP contribution is 2.35. The highest BCUT2D eigenvalue weighted by molar-refractivity contribution is 7.12. The largest absolute Gasteiger partial charge is 0.416 e. The lowest BCUT2D eigenvalue weighted by Crippen LogP contribution is -2.42. The summed E-state index contributed by atoms with van der Waals surface area (Å²) >= 11 is 1.44. The van der Waals surface area contributed by atoms with Crippen molar-refractivity contribution < 1.29 is 31.9 Å². The Morgan fingerprint density at radius 2 is 1.84 bits per heavy atom. The zero-order valence-corrected chi connectivity index (χ0v) is 20.6. The second kappa shape index (κ2) is 11.2. The minimum absolute atomic E-state index is 0.00763. The number of alkyl halides is 3. The molecule has 0 spiro atoms. The van der Waals surface area contributed by atoms with Gasteiger partial charge in [0.15, 0.2) is 0 Å². The molecule has 3 aromatic rings. The highest BCUT2D eigenvalue weighted by atomic mass is 32.1. The van der Waals surface area contributed by atoms with Crippen LogP contribution in [-0.2, 0) is 15.7 Å². The molecule has 0 N–H and O–H groups in total. The van der Waals surface area contributed by atoms with Crippen LogP contribution < -0.4 is 0 Å². The number of hydrogen-bond donors (Lipinski definition) is 0. The molecular formula is C26H23F4N3O3S. The Kier molecular flexibility index (Phi) is 8.03. The van der Waals surface area contributed by atoms with Crippen molar-refractivity contribution in [1.82, 2.24) is 9.91 Å². The average Bonchev–Trinajstić information content (AvgIpc) is 3.56. The number of methoxy groups -OCH3 is 1. The highest BCUT2D eigenvalue weighted by Gasteiger charge is 2.36. The summed E-state index contributed by atoms with van der Waals surface area (Å²) in [5.74, 6) is -1.68. The molecule has 0 fully saturated rings. The van der Waals surface area contributed by atoms with Crippen molar-refractivity contribution in [2.45, 2.75) is 18.6 Å². The van der Waals surface area contributed by atoms with Crippen molar-refractivity contribution in [2.75, 3.05) is 26.8 Å². The maximum absolute atomic E-state index is 14.7. The molecule has 6 nitrogen and oxygen atoms in total. The molecule has 1 aliphatic rings. The monoisotopic (exact) mass is 533 g/mol. The van der Waals surface area contributed by atoms with E-state index in [2.05, 4.69) is 5.10 Å². The van der Waals surface area contributed by atoms with Gasteiger partial charge in [0.1, 0.15) is 12.4 Å². The minimum atomic E-state index is -4.54. The normalized spacial score (nSPS) is 15.5. The van der Waals surface area contributed by atoms with Gasteiger partial charge in [-0.3, -0.25) is 9.59 Å². The van der Waals surface area contributed by atoms with Crippen molar-refractivity contribution >= 4 is 28.9 Å². The van der Waals surface area contributed by atoms with Crippen LogP contribution in [0.3, 0.4) is 0 Å².